The van der Waals surface area contributed by atoms with E-state index in [1.807, 2.05) is 0 Å². The van der Waals surface area contributed by atoms with Crippen molar-refractivity contribution in [2.45, 2.75) is 12.5 Å². The fraction of sp³-hybridized carbons (Fsp3) is 0.300. The third-order valence-corrected chi connectivity index (χ3v) is 2.24. The van der Waals surface area contributed by atoms with Gasteiger partial charge in [0.2, 0.25) is 0 Å². The maximum Gasteiger partial charge on any atom is 0.307 e. The van der Waals surface area contributed by atoms with Gasteiger partial charge in [0.25, 0.3) is 5.69 Å². The number of hydrogen-bond acceptors (Lipinski definition) is 6. The van der Waals surface area contributed by atoms with Gasteiger partial charge < -0.3 is 15.6 Å². The average Bonchev–Trinajstić information content (AvgIpc) is 2.28. The summed E-state index contributed by atoms with van der Waals surface area (Å²) < 4.78 is 4.43. The van der Waals surface area contributed by atoms with Crippen LogP contribution in [0.3, 0.4) is 0 Å². The van der Waals surface area contributed by atoms with Crippen LogP contribution in [-0.4, -0.2) is 23.1 Å². The smallest absolute Gasteiger partial charge is 0.307 e. The second kappa shape index (κ2) is 5.26. The van der Waals surface area contributed by atoms with Gasteiger partial charge in [0.1, 0.15) is 5.75 Å². The highest BCUT2D eigenvalue weighted by Crippen LogP contribution is 2.28. The molecule has 0 saturated carbocycles. The summed E-state index contributed by atoms with van der Waals surface area (Å²) in [4.78, 5) is 21.0. The number of nitro benzene ring substituents is 1. The van der Waals surface area contributed by atoms with E-state index in [2.05, 4.69) is 4.74 Å². The monoisotopic (exact) mass is 240 g/mol. The van der Waals surface area contributed by atoms with Crippen LogP contribution in [-0.2, 0) is 9.53 Å². The summed E-state index contributed by atoms with van der Waals surface area (Å²) in [6, 6.07) is 2.62. The molecule has 0 aliphatic rings. The number of nitrogens with two attached hydrogens (primary N) is 1. The molecule has 0 aliphatic heterocycles. The summed E-state index contributed by atoms with van der Waals surface area (Å²) in [5.41, 5.74) is 5.60. The maximum absolute atomic E-state index is 11.0. The molecule has 92 valence electrons. The third kappa shape index (κ3) is 3.15. The van der Waals surface area contributed by atoms with E-state index in [0.29, 0.717) is 0 Å². The van der Waals surface area contributed by atoms with Crippen molar-refractivity contribution in [3.63, 3.8) is 0 Å². The normalized spacial score (nSPS) is 11.9. The van der Waals surface area contributed by atoms with Gasteiger partial charge in [-0.15, -0.1) is 0 Å². The lowest BCUT2D eigenvalue weighted by Crippen LogP contribution is -2.16. The quantitative estimate of drug-likeness (QED) is 0.458. The van der Waals surface area contributed by atoms with Crippen molar-refractivity contribution in [3.05, 3.63) is 33.9 Å². The Morgan fingerprint density at radius 3 is 2.82 bits per heavy atom. The lowest BCUT2D eigenvalue weighted by Gasteiger charge is -2.11. The fourth-order valence-electron chi connectivity index (χ4n) is 1.33. The zero-order chi connectivity index (χ0) is 13.0. The SMILES string of the molecule is COC(=O)CC(N)c1cc([N+](=O)[O-])ccc1O. The Bertz CT molecular complexity index is 446. The Balaban J connectivity index is 2.99. The molecule has 0 spiro atoms. The standard InChI is InChI=1S/C10H12N2O5/c1-17-10(14)5-8(11)7-4-6(12(15)16)2-3-9(7)13/h2-4,8,13H,5,11H2,1H3. The number of phenolic OH excluding ortho intramolecular Hbond substituents is 1. The number of benzene rings is 1. The summed E-state index contributed by atoms with van der Waals surface area (Å²) in [6.45, 7) is 0. The van der Waals surface area contributed by atoms with Crippen LogP contribution in [0, 0.1) is 10.1 Å². The number of methoxy groups -OCH3 is 1. The van der Waals surface area contributed by atoms with Gasteiger partial charge in [0.05, 0.1) is 18.5 Å². The Kier molecular flexibility index (Phi) is 4.00. The molecule has 1 aromatic carbocycles. The van der Waals surface area contributed by atoms with Crippen molar-refractivity contribution in [2.75, 3.05) is 7.11 Å². The van der Waals surface area contributed by atoms with Gasteiger partial charge >= 0.3 is 5.97 Å². The molecule has 0 amide bonds. The third-order valence-electron chi connectivity index (χ3n) is 2.24. The van der Waals surface area contributed by atoms with Crippen LogP contribution in [0.5, 0.6) is 5.75 Å². The highest BCUT2D eigenvalue weighted by Gasteiger charge is 2.18. The number of non-ortho nitro benzene ring substituents is 1. The number of carbonyl (C=O) groups is 1. The van der Waals surface area contributed by atoms with Crippen LogP contribution in [0.1, 0.15) is 18.0 Å². The predicted octanol–water partition coefficient (Wildman–Crippen LogP) is 0.863. The molecule has 1 aromatic rings. The number of rotatable bonds is 4. The highest BCUT2D eigenvalue weighted by molar-refractivity contribution is 5.70. The number of nitrogens with zero attached hydrogens (tertiary/aromatic N) is 1. The lowest BCUT2D eigenvalue weighted by atomic mass is 10.0. The summed E-state index contributed by atoms with van der Waals surface area (Å²) >= 11 is 0. The van der Waals surface area contributed by atoms with Gasteiger partial charge in [-0.3, -0.25) is 14.9 Å². The molecule has 3 N–H and O–H groups in total. The lowest BCUT2D eigenvalue weighted by molar-refractivity contribution is -0.385. The van der Waals surface area contributed by atoms with Crippen molar-refractivity contribution in [1.82, 2.24) is 0 Å². The topological polar surface area (TPSA) is 116 Å². The molecular formula is C10H12N2O5. The average molecular weight is 240 g/mol. The molecule has 1 atom stereocenters. The number of esters is 1. The molecule has 0 fully saturated rings. The zero-order valence-corrected chi connectivity index (χ0v) is 9.12. The first-order valence-electron chi connectivity index (χ1n) is 4.75. The summed E-state index contributed by atoms with van der Waals surface area (Å²) in [5, 5.41) is 20.1. The van der Waals surface area contributed by atoms with Crippen LogP contribution in [0.15, 0.2) is 18.2 Å². The Hall–Kier alpha value is -2.15. The molecule has 1 unspecified atom stereocenters. The number of nitro groups is 1. The first kappa shape index (κ1) is 12.9. The van der Waals surface area contributed by atoms with Crippen LogP contribution in [0.2, 0.25) is 0 Å². The molecule has 0 aliphatic carbocycles. The molecule has 0 bridgehead atoms. The fourth-order valence-corrected chi connectivity index (χ4v) is 1.33. The van der Waals surface area contributed by atoms with Crippen molar-refractivity contribution in [2.24, 2.45) is 5.73 Å². The Morgan fingerprint density at radius 1 is 1.65 bits per heavy atom. The van der Waals surface area contributed by atoms with Gasteiger partial charge in [-0.1, -0.05) is 0 Å². The summed E-state index contributed by atoms with van der Waals surface area (Å²) in [5.74, 6) is -0.740. The van der Waals surface area contributed by atoms with E-state index >= 15 is 0 Å². The van der Waals surface area contributed by atoms with Crippen molar-refractivity contribution >= 4 is 11.7 Å². The summed E-state index contributed by atoms with van der Waals surface area (Å²) in [6.07, 6.45) is -0.161. The van der Waals surface area contributed by atoms with Crippen LogP contribution in [0.25, 0.3) is 0 Å². The second-order valence-corrected chi connectivity index (χ2v) is 3.39. The number of carbonyl (C=O) groups excluding carboxylic acids is 1. The predicted molar refractivity (Wildman–Crippen MR) is 58.3 cm³/mol. The number of phenols is 1. The van der Waals surface area contributed by atoms with E-state index in [9.17, 15) is 20.0 Å². The summed E-state index contributed by atoms with van der Waals surface area (Å²) in [7, 11) is 1.21. The van der Waals surface area contributed by atoms with Crippen molar-refractivity contribution in [3.8, 4) is 5.75 Å². The maximum atomic E-state index is 11.0. The van der Waals surface area contributed by atoms with E-state index < -0.39 is 16.9 Å². The molecular weight excluding hydrogens is 228 g/mol. The molecule has 0 radical (unpaired) electrons. The molecule has 0 saturated heterocycles. The van der Waals surface area contributed by atoms with Gasteiger partial charge in [0.15, 0.2) is 0 Å². The second-order valence-electron chi connectivity index (χ2n) is 3.39. The molecule has 0 heterocycles. The Labute approximate surface area is 97.0 Å². The van der Waals surface area contributed by atoms with Gasteiger partial charge in [-0.05, 0) is 6.07 Å². The van der Waals surface area contributed by atoms with Crippen molar-refractivity contribution < 1.29 is 19.6 Å². The minimum Gasteiger partial charge on any atom is -0.508 e. The van der Waals surface area contributed by atoms with Gasteiger partial charge in [0, 0.05) is 23.7 Å². The van der Waals surface area contributed by atoms with Crippen LogP contribution in [0.4, 0.5) is 5.69 Å². The highest BCUT2D eigenvalue weighted by atomic mass is 16.6. The van der Waals surface area contributed by atoms with Crippen molar-refractivity contribution in [1.29, 1.82) is 0 Å². The van der Waals surface area contributed by atoms with E-state index in [1.54, 1.807) is 0 Å². The first-order valence-corrected chi connectivity index (χ1v) is 4.75. The number of hydrogen-bond donors (Lipinski definition) is 2. The zero-order valence-electron chi connectivity index (χ0n) is 9.12. The largest absolute Gasteiger partial charge is 0.508 e. The van der Waals surface area contributed by atoms with Gasteiger partial charge in [-0.2, -0.15) is 0 Å². The van der Waals surface area contributed by atoms with E-state index in [0.717, 1.165) is 12.1 Å². The van der Waals surface area contributed by atoms with E-state index in [4.69, 9.17) is 5.73 Å². The minimum atomic E-state index is -0.845. The molecule has 7 nitrogen and oxygen atoms in total. The van der Waals surface area contributed by atoms with Crippen LogP contribution >= 0.6 is 0 Å². The van der Waals surface area contributed by atoms with E-state index in [-0.39, 0.29) is 23.4 Å². The van der Waals surface area contributed by atoms with Gasteiger partial charge in [-0.25, -0.2) is 0 Å². The number of ether oxygens (including phenoxy) is 1. The minimum absolute atomic E-state index is 0.143. The molecule has 7 heteroatoms. The molecule has 0 aromatic heterocycles. The molecule has 17 heavy (non-hydrogen) atoms. The Morgan fingerprint density at radius 2 is 2.29 bits per heavy atom. The van der Waals surface area contributed by atoms with E-state index in [1.165, 1.54) is 13.2 Å². The van der Waals surface area contributed by atoms with Crippen LogP contribution < -0.4 is 5.73 Å². The molecule has 1 rings (SSSR count). The first-order chi connectivity index (χ1) is 7.95. The number of aromatic hydroxyl groups is 1.